The fourth-order valence-corrected chi connectivity index (χ4v) is 3.14. The van der Waals surface area contributed by atoms with Crippen LogP contribution in [0.1, 0.15) is 39.5 Å². The molecule has 0 spiro atoms. The second-order valence-electron chi connectivity index (χ2n) is 6.31. The summed E-state index contributed by atoms with van der Waals surface area (Å²) >= 11 is 5.91. The topological polar surface area (TPSA) is 23.6 Å². The Hall–Kier alpha value is -0.280. The summed E-state index contributed by atoms with van der Waals surface area (Å²) < 4.78 is 0. The molecule has 2 aliphatic rings. The van der Waals surface area contributed by atoms with Crippen LogP contribution in [-0.4, -0.2) is 53.8 Å². The monoisotopic (exact) mass is 272 g/mol. The Balaban J connectivity index is 1.95. The van der Waals surface area contributed by atoms with E-state index >= 15 is 0 Å². The summed E-state index contributed by atoms with van der Waals surface area (Å²) in [5.74, 6) is 0.623. The summed E-state index contributed by atoms with van der Waals surface area (Å²) in [5, 5.41) is 0. The average Bonchev–Trinajstić information content (AvgIpc) is 2.92. The van der Waals surface area contributed by atoms with Crippen LogP contribution < -0.4 is 0 Å². The van der Waals surface area contributed by atoms with Crippen LogP contribution in [0.4, 0.5) is 0 Å². The van der Waals surface area contributed by atoms with Gasteiger partial charge in [-0.3, -0.25) is 9.69 Å². The van der Waals surface area contributed by atoms with Crippen LogP contribution in [0.5, 0.6) is 0 Å². The van der Waals surface area contributed by atoms with E-state index in [9.17, 15) is 4.79 Å². The van der Waals surface area contributed by atoms with Gasteiger partial charge >= 0.3 is 0 Å². The molecular formula is C14H25ClN2O. The van der Waals surface area contributed by atoms with Crippen LogP contribution in [0.3, 0.4) is 0 Å². The fourth-order valence-electron chi connectivity index (χ4n) is 3.03. The number of amides is 1. The number of likely N-dealkylation sites (tertiary alicyclic amines) is 2. The number of halogens is 1. The summed E-state index contributed by atoms with van der Waals surface area (Å²) in [6.07, 6.45) is 5.01. The van der Waals surface area contributed by atoms with Gasteiger partial charge in [0.15, 0.2) is 0 Å². The van der Waals surface area contributed by atoms with E-state index in [1.165, 1.54) is 32.4 Å². The SMILES string of the molecule is CC(C)(CCl)C(=O)N1CCCC(N2CCCC2)C1. The molecule has 2 rings (SSSR count). The van der Waals surface area contributed by atoms with E-state index in [4.69, 9.17) is 11.6 Å². The Bertz CT molecular complexity index is 300. The van der Waals surface area contributed by atoms with Crippen LogP contribution >= 0.6 is 11.6 Å². The van der Waals surface area contributed by atoms with Crippen molar-refractivity contribution in [1.82, 2.24) is 9.80 Å². The lowest BCUT2D eigenvalue weighted by Crippen LogP contribution is -2.52. The Morgan fingerprint density at radius 1 is 1.22 bits per heavy atom. The lowest BCUT2D eigenvalue weighted by Gasteiger charge is -2.40. The van der Waals surface area contributed by atoms with E-state index in [2.05, 4.69) is 4.90 Å². The number of carbonyl (C=O) groups excluding carboxylic acids is 1. The molecule has 0 radical (unpaired) electrons. The van der Waals surface area contributed by atoms with Crippen molar-refractivity contribution in [3.8, 4) is 0 Å². The molecule has 3 nitrogen and oxygen atoms in total. The van der Waals surface area contributed by atoms with Gasteiger partial charge in [-0.1, -0.05) is 0 Å². The van der Waals surface area contributed by atoms with Crippen molar-refractivity contribution < 1.29 is 4.79 Å². The molecule has 18 heavy (non-hydrogen) atoms. The molecule has 0 aromatic rings. The zero-order valence-corrected chi connectivity index (χ0v) is 12.4. The second-order valence-corrected chi connectivity index (χ2v) is 6.58. The fraction of sp³-hybridized carbons (Fsp3) is 0.929. The van der Waals surface area contributed by atoms with E-state index in [-0.39, 0.29) is 5.91 Å². The first kappa shape index (κ1) is 14.1. The molecule has 0 bridgehead atoms. The maximum atomic E-state index is 12.4. The minimum Gasteiger partial charge on any atom is -0.341 e. The van der Waals surface area contributed by atoms with E-state index in [1.807, 2.05) is 18.7 Å². The van der Waals surface area contributed by atoms with Gasteiger partial charge in [-0.2, -0.15) is 0 Å². The van der Waals surface area contributed by atoms with Crippen LogP contribution in [-0.2, 0) is 4.79 Å². The first-order valence-corrected chi connectivity index (χ1v) is 7.67. The Morgan fingerprint density at radius 3 is 2.50 bits per heavy atom. The van der Waals surface area contributed by atoms with Gasteiger partial charge in [0.1, 0.15) is 0 Å². The zero-order chi connectivity index (χ0) is 13.2. The minimum absolute atomic E-state index is 0.224. The molecule has 4 heteroatoms. The third-order valence-corrected chi connectivity index (χ3v) is 4.92. The number of nitrogens with zero attached hydrogens (tertiary/aromatic N) is 2. The smallest absolute Gasteiger partial charge is 0.229 e. The van der Waals surface area contributed by atoms with Crippen molar-refractivity contribution in [1.29, 1.82) is 0 Å². The van der Waals surface area contributed by atoms with Gasteiger partial charge in [-0.25, -0.2) is 0 Å². The number of carbonyl (C=O) groups is 1. The van der Waals surface area contributed by atoms with Crippen LogP contribution in [0.25, 0.3) is 0 Å². The highest BCUT2D eigenvalue weighted by atomic mass is 35.5. The van der Waals surface area contributed by atoms with Gasteiger partial charge in [0, 0.05) is 25.0 Å². The third kappa shape index (κ3) is 3.00. The molecule has 0 aromatic carbocycles. The lowest BCUT2D eigenvalue weighted by atomic mass is 9.92. The van der Waals surface area contributed by atoms with Crippen molar-refractivity contribution in [2.45, 2.75) is 45.6 Å². The van der Waals surface area contributed by atoms with E-state index in [1.54, 1.807) is 0 Å². The maximum absolute atomic E-state index is 12.4. The Labute approximate surface area is 115 Å². The van der Waals surface area contributed by atoms with Crippen molar-refractivity contribution in [2.75, 3.05) is 32.1 Å². The quantitative estimate of drug-likeness (QED) is 0.737. The normalized spacial score (nSPS) is 26.6. The molecule has 0 N–H and O–H groups in total. The molecule has 1 atom stereocenters. The Kier molecular flexibility index (Phi) is 4.54. The van der Waals surface area contributed by atoms with E-state index in [0.29, 0.717) is 11.9 Å². The van der Waals surface area contributed by atoms with Crippen LogP contribution in [0, 0.1) is 5.41 Å². The highest BCUT2D eigenvalue weighted by Crippen LogP contribution is 2.26. The van der Waals surface area contributed by atoms with Crippen molar-refractivity contribution >= 4 is 17.5 Å². The van der Waals surface area contributed by atoms with Gasteiger partial charge in [-0.15, -0.1) is 11.6 Å². The summed E-state index contributed by atoms with van der Waals surface area (Å²) in [7, 11) is 0. The molecule has 2 aliphatic heterocycles. The molecule has 1 amide bonds. The largest absolute Gasteiger partial charge is 0.341 e. The zero-order valence-electron chi connectivity index (χ0n) is 11.6. The molecule has 0 aromatic heterocycles. The number of rotatable bonds is 3. The van der Waals surface area contributed by atoms with E-state index in [0.717, 1.165) is 19.5 Å². The molecule has 2 heterocycles. The minimum atomic E-state index is -0.422. The third-order valence-electron chi connectivity index (χ3n) is 4.25. The number of hydrogen-bond acceptors (Lipinski definition) is 2. The average molecular weight is 273 g/mol. The molecular weight excluding hydrogens is 248 g/mol. The van der Waals surface area contributed by atoms with Gasteiger partial charge in [0.05, 0.1) is 5.41 Å². The Morgan fingerprint density at radius 2 is 1.89 bits per heavy atom. The van der Waals surface area contributed by atoms with Gasteiger partial charge in [0.2, 0.25) is 5.91 Å². The molecule has 2 fully saturated rings. The molecule has 2 saturated heterocycles. The van der Waals surface area contributed by atoms with Crippen molar-refractivity contribution in [3.05, 3.63) is 0 Å². The summed E-state index contributed by atoms with van der Waals surface area (Å²) in [4.78, 5) is 17.0. The highest BCUT2D eigenvalue weighted by Gasteiger charge is 2.35. The first-order valence-electron chi connectivity index (χ1n) is 7.14. The highest BCUT2D eigenvalue weighted by molar-refractivity contribution is 6.19. The number of piperidine rings is 1. The maximum Gasteiger partial charge on any atom is 0.229 e. The van der Waals surface area contributed by atoms with Gasteiger partial charge < -0.3 is 4.90 Å². The van der Waals surface area contributed by atoms with Crippen molar-refractivity contribution in [2.24, 2.45) is 5.41 Å². The van der Waals surface area contributed by atoms with E-state index < -0.39 is 5.41 Å². The van der Waals surface area contributed by atoms with Gasteiger partial charge in [-0.05, 0) is 52.6 Å². The summed E-state index contributed by atoms with van der Waals surface area (Å²) in [6.45, 7) is 8.13. The molecule has 1 unspecified atom stereocenters. The predicted octanol–water partition coefficient (Wildman–Crippen LogP) is 2.34. The second kappa shape index (κ2) is 5.79. The predicted molar refractivity (Wildman–Crippen MR) is 74.9 cm³/mol. The number of alkyl halides is 1. The lowest BCUT2D eigenvalue weighted by molar-refractivity contribution is -0.141. The summed E-state index contributed by atoms with van der Waals surface area (Å²) in [6, 6.07) is 0.580. The first-order chi connectivity index (χ1) is 8.54. The standard InChI is InChI=1S/C14H25ClN2O/c1-14(2,11-15)13(18)17-9-5-6-12(10-17)16-7-3-4-8-16/h12H,3-11H2,1-2H3. The molecule has 104 valence electrons. The molecule has 0 aliphatic carbocycles. The molecule has 0 saturated carbocycles. The summed E-state index contributed by atoms with van der Waals surface area (Å²) in [5.41, 5.74) is -0.422. The van der Waals surface area contributed by atoms with Crippen LogP contribution in [0.15, 0.2) is 0 Å². The number of hydrogen-bond donors (Lipinski definition) is 0. The van der Waals surface area contributed by atoms with Crippen molar-refractivity contribution in [3.63, 3.8) is 0 Å². The van der Waals surface area contributed by atoms with Crippen LogP contribution in [0.2, 0.25) is 0 Å². The van der Waals surface area contributed by atoms with Gasteiger partial charge in [0.25, 0.3) is 0 Å².